The largest absolute Gasteiger partial charge is 0.493 e. The Bertz CT molecular complexity index is 1030. The number of thiophene rings is 1. The fraction of sp³-hybridized carbons (Fsp3) is 0.200. The number of rotatable bonds is 8. The van der Waals surface area contributed by atoms with Gasteiger partial charge in [-0.3, -0.25) is 14.9 Å². The van der Waals surface area contributed by atoms with Crippen LogP contribution in [0.1, 0.15) is 35.0 Å². The normalized spacial score (nSPS) is 11.0. The molecule has 0 unspecified atom stereocenters. The number of fused-ring (bicyclic) bond motifs is 1. The quantitative estimate of drug-likeness (QED) is 0.257. The van der Waals surface area contributed by atoms with Crippen LogP contribution in [0.3, 0.4) is 0 Å². The molecule has 8 heteroatoms. The van der Waals surface area contributed by atoms with Gasteiger partial charge in [0.05, 0.1) is 22.6 Å². The Kier molecular flexibility index (Phi) is 6.33. The van der Waals surface area contributed by atoms with Crippen LogP contribution in [0.4, 0.5) is 5.69 Å². The van der Waals surface area contributed by atoms with Gasteiger partial charge in [-0.15, -0.1) is 11.3 Å². The fourth-order valence-electron chi connectivity index (χ4n) is 2.52. The van der Waals surface area contributed by atoms with Crippen LogP contribution in [-0.2, 0) is 0 Å². The van der Waals surface area contributed by atoms with Crippen molar-refractivity contribution in [3.05, 3.63) is 69.1 Å². The van der Waals surface area contributed by atoms with E-state index in [4.69, 9.17) is 4.74 Å². The number of nitrogens with zero attached hydrogens (tertiary/aromatic N) is 2. The second kappa shape index (κ2) is 9.09. The second-order valence-corrected chi connectivity index (χ2v) is 7.11. The molecule has 0 atom stereocenters. The Morgan fingerprint density at radius 3 is 2.89 bits per heavy atom. The molecule has 0 saturated carbocycles. The topological polar surface area (TPSA) is 93.8 Å². The van der Waals surface area contributed by atoms with E-state index in [9.17, 15) is 14.9 Å². The Balaban J connectivity index is 1.69. The van der Waals surface area contributed by atoms with Crippen molar-refractivity contribution in [1.29, 1.82) is 0 Å². The van der Waals surface area contributed by atoms with Crippen LogP contribution in [0.2, 0.25) is 0 Å². The van der Waals surface area contributed by atoms with Crippen molar-refractivity contribution in [2.24, 2.45) is 5.10 Å². The van der Waals surface area contributed by atoms with Crippen LogP contribution in [0, 0.1) is 10.1 Å². The van der Waals surface area contributed by atoms with Crippen molar-refractivity contribution in [3.8, 4) is 5.75 Å². The zero-order valence-corrected chi connectivity index (χ0v) is 16.1. The molecule has 1 heterocycles. The minimum atomic E-state index is -0.457. The fourth-order valence-corrected chi connectivity index (χ4v) is 3.45. The zero-order chi connectivity index (χ0) is 19.9. The van der Waals surface area contributed by atoms with Gasteiger partial charge in [0, 0.05) is 27.8 Å². The standard InChI is InChI=1S/C20H19N3O4S/c1-2-3-10-27-17-7-5-4-6-14(17)13-21-22-20(24)19-12-15-11-16(23(25)26)8-9-18(15)28-19/h4-9,11-13H,2-3,10H2,1H3,(H,22,24)/b21-13-. The SMILES string of the molecule is CCCCOc1ccccc1/C=N\NC(=O)c1cc2cc([N+](=O)[O-])ccc2s1. The predicted octanol–water partition coefficient (Wildman–Crippen LogP) is 4.75. The summed E-state index contributed by atoms with van der Waals surface area (Å²) in [7, 11) is 0. The summed E-state index contributed by atoms with van der Waals surface area (Å²) in [5.74, 6) is 0.340. The van der Waals surface area contributed by atoms with Gasteiger partial charge in [0.1, 0.15) is 5.75 Å². The van der Waals surface area contributed by atoms with E-state index in [1.54, 1.807) is 12.1 Å². The molecule has 3 rings (SSSR count). The van der Waals surface area contributed by atoms with E-state index in [0.717, 1.165) is 23.1 Å². The van der Waals surface area contributed by atoms with Gasteiger partial charge in [-0.05, 0) is 30.7 Å². The summed E-state index contributed by atoms with van der Waals surface area (Å²) in [4.78, 5) is 23.2. The van der Waals surface area contributed by atoms with E-state index in [2.05, 4.69) is 17.5 Å². The third-order valence-electron chi connectivity index (χ3n) is 3.98. The molecule has 1 amide bonds. The van der Waals surface area contributed by atoms with E-state index in [0.29, 0.717) is 22.6 Å². The van der Waals surface area contributed by atoms with Gasteiger partial charge >= 0.3 is 0 Å². The summed E-state index contributed by atoms with van der Waals surface area (Å²) in [6, 6.07) is 13.6. The number of hydrogen-bond acceptors (Lipinski definition) is 6. The summed E-state index contributed by atoms with van der Waals surface area (Å²) in [6.07, 6.45) is 3.55. The first-order chi connectivity index (χ1) is 13.6. The number of para-hydroxylation sites is 1. The summed E-state index contributed by atoms with van der Waals surface area (Å²) in [6.45, 7) is 2.72. The van der Waals surface area contributed by atoms with Crippen LogP contribution < -0.4 is 10.2 Å². The van der Waals surface area contributed by atoms with Crippen LogP contribution in [-0.4, -0.2) is 23.7 Å². The number of nitrogens with one attached hydrogen (secondary N) is 1. The van der Waals surface area contributed by atoms with Crippen LogP contribution in [0.25, 0.3) is 10.1 Å². The van der Waals surface area contributed by atoms with Crippen molar-refractivity contribution >= 4 is 39.2 Å². The molecule has 0 saturated heterocycles. The maximum absolute atomic E-state index is 12.3. The highest BCUT2D eigenvalue weighted by Gasteiger charge is 2.13. The highest BCUT2D eigenvalue weighted by atomic mass is 32.1. The van der Waals surface area contributed by atoms with Crippen molar-refractivity contribution < 1.29 is 14.5 Å². The number of hydrazone groups is 1. The lowest BCUT2D eigenvalue weighted by Crippen LogP contribution is -2.16. The van der Waals surface area contributed by atoms with Gasteiger partial charge in [0.25, 0.3) is 11.6 Å². The molecule has 3 aromatic rings. The molecule has 7 nitrogen and oxygen atoms in total. The highest BCUT2D eigenvalue weighted by molar-refractivity contribution is 7.20. The molecule has 28 heavy (non-hydrogen) atoms. The minimum Gasteiger partial charge on any atom is -0.493 e. The third-order valence-corrected chi connectivity index (χ3v) is 5.09. The number of ether oxygens (including phenoxy) is 1. The second-order valence-electron chi connectivity index (χ2n) is 6.03. The van der Waals surface area contributed by atoms with Crippen molar-refractivity contribution in [2.45, 2.75) is 19.8 Å². The molecule has 0 bridgehead atoms. The molecule has 1 N–H and O–H groups in total. The monoisotopic (exact) mass is 397 g/mol. The zero-order valence-electron chi connectivity index (χ0n) is 15.3. The predicted molar refractivity (Wildman–Crippen MR) is 110 cm³/mol. The van der Waals surface area contributed by atoms with Crippen molar-refractivity contribution in [3.63, 3.8) is 0 Å². The van der Waals surface area contributed by atoms with Gasteiger partial charge in [-0.1, -0.05) is 25.5 Å². The number of amides is 1. The number of carbonyl (C=O) groups is 1. The smallest absolute Gasteiger partial charge is 0.281 e. The molecule has 0 aliphatic rings. The molecule has 0 aliphatic carbocycles. The summed E-state index contributed by atoms with van der Waals surface area (Å²) < 4.78 is 6.53. The summed E-state index contributed by atoms with van der Waals surface area (Å²) in [5.41, 5.74) is 3.26. The molecule has 0 spiro atoms. The van der Waals surface area contributed by atoms with Gasteiger partial charge in [-0.2, -0.15) is 5.10 Å². The summed E-state index contributed by atoms with van der Waals surface area (Å²) >= 11 is 1.26. The van der Waals surface area contributed by atoms with E-state index in [1.165, 1.54) is 29.7 Å². The Morgan fingerprint density at radius 2 is 2.11 bits per heavy atom. The molecule has 2 aromatic carbocycles. The molecule has 1 aromatic heterocycles. The lowest BCUT2D eigenvalue weighted by molar-refractivity contribution is -0.384. The van der Waals surface area contributed by atoms with Crippen molar-refractivity contribution in [2.75, 3.05) is 6.61 Å². The number of benzene rings is 2. The van der Waals surface area contributed by atoms with Crippen molar-refractivity contribution in [1.82, 2.24) is 5.43 Å². The lowest BCUT2D eigenvalue weighted by Gasteiger charge is -2.07. The average Bonchev–Trinajstić information content (AvgIpc) is 3.12. The van der Waals surface area contributed by atoms with Crippen LogP contribution in [0.15, 0.2) is 53.6 Å². The van der Waals surface area contributed by atoms with Gasteiger partial charge < -0.3 is 4.74 Å². The number of nitro groups is 1. The number of carbonyl (C=O) groups excluding carboxylic acids is 1. The van der Waals surface area contributed by atoms with Crippen LogP contribution >= 0.6 is 11.3 Å². The minimum absolute atomic E-state index is 0.00467. The third kappa shape index (κ3) is 4.72. The number of hydrogen-bond donors (Lipinski definition) is 1. The van der Waals surface area contributed by atoms with E-state index < -0.39 is 4.92 Å². The van der Waals surface area contributed by atoms with Crippen LogP contribution in [0.5, 0.6) is 5.75 Å². The molecule has 0 aliphatic heterocycles. The molecule has 0 radical (unpaired) electrons. The van der Waals surface area contributed by atoms with Gasteiger partial charge in [0.15, 0.2) is 0 Å². The van der Waals surface area contributed by atoms with E-state index >= 15 is 0 Å². The molecular weight excluding hydrogens is 378 g/mol. The Morgan fingerprint density at radius 1 is 1.29 bits per heavy atom. The van der Waals surface area contributed by atoms with Gasteiger partial charge in [-0.25, -0.2) is 5.43 Å². The number of unbranched alkanes of at least 4 members (excludes halogenated alkanes) is 1. The number of nitro benzene ring substituents is 1. The maximum Gasteiger partial charge on any atom is 0.281 e. The lowest BCUT2D eigenvalue weighted by atomic mass is 10.2. The molecular formula is C20H19N3O4S. The summed E-state index contributed by atoms with van der Waals surface area (Å²) in [5, 5.41) is 15.5. The maximum atomic E-state index is 12.3. The Hall–Kier alpha value is -3.26. The molecule has 0 fully saturated rings. The number of non-ortho nitro benzene ring substituents is 1. The van der Waals surface area contributed by atoms with Gasteiger partial charge in [0.2, 0.25) is 0 Å². The first kappa shape index (κ1) is 19.5. The first-order valence-electron chi connectivity index (χ1n) is 8.81. The average molecular weight is 397 g/mol. The van der Waals surface area contributed by atoms with E-state index in [1.807, 2.05) is 24.3 Å². The Labute approximate surface area is 165 Å². The first-order valence-corrected chi connectivity index (χ1v) is 9.63. The molecule has 144 valence electrons. The highest BCUT2D eigenvalue weighted by Crippen LogP contribution is 2.28. The van der Waals surface area contributed by atoms with E-state index in [-0.39, 0.29) is 11.6 Å².